The van der Waals surface area contributed by atoms with E-state index < -0.39 is 22.9 Å². The predicted octanol–water partition coefficient (Wildman–Crippen LogP) is 4.78. The van der Waals surface area contributed by atoms with Gasteiger partial charge in [-0.3, -0.25) is 4.79 Å². The zero-order valence-corrected chi connectivity index (χ0v) is 16.2. The molecule has 1 aromatic carbocycles. The van der Waals surface area contributed by atoms with Crippen LogP contribution in [0.4, 0.5) is 17.6 Å². The number of rotatable bonds is 4. The molecule has 0 saturated heterocycles. The molecule has 2 unspecified atom stereocenters. The first kappa shape index (κ1) is 21.7. The number of nitrogens with two attached hydrogens (primary N) is 1. The Kier molecular flexibility index (Phi) is 5.95. The van der Waals surface area contributed by atoms with Crippen molar-refractivity contribution >= 4 is 5.91 Å². The summed E-state index contributed by atoms with van der Waals surface area (Å²) < 4.78 is 54.3. The third kappa shape index (κ3) is 5.21. The first-order valence-corrected chi connectivity index (χ1v) is 9.21. The fourth-order valence-corrected chi connectivity index (χ4v) is 3.45. The average Bonchev–Trinajstić information content (AvgIpc) is 2.52. The summed E-state index contributed by atoms with van der Waals surface area (Å²) in [6.07, 6.45) is -1.33. The predicted molar refractivity (Wildman–Crippen MR) is 96.7 cm³/mol. The molecule has 1 saturated carbocycles. The lowest BCUT2D eigenvalue weighted by atomic mass is 9.82. The van der Waals surface area contributed by atoms with Crippen LogP contribution in [-0.4, -0.2) is 11.9 Å². The van der Waals surface area contributed by atoms with Crippen LogP contribution in [0.25, 0.3) is 0 Å². The molecule has 0 aliphatic heterocycles. The molecule has 0 spiro atoms. The molecule has 0 aromatic heterocycles. The molecule has 1 fully saturated rings. The van der Waals surface area contributed by atoms with Gasteiger partial charge in [-0.05, 0) is 63.8 Å². The van der Waals surface area contributed by atoms with Crippen molar-refractivity contribution in [1.82, 2.24) is 5.32 Å². The second kappa shape index (κ2) is 7.41. The Balaban J connectivity index is 2.37. The van der Waals surface area contributed by atoms with Gasteiger partial charge in [0.1, 0.15) is 5.67 Å². The molecule has 2 rings (SSSR count). The second-order valence-electron chi connectivity index (χ2n) is 8.44. The highest BCUT2D eigenvalue weighted by Crippen LogP contribution is 2.37. The van der Waals surface area contributed by atoms with Gasteiger partial charge in [0.2, 0.25) is 5.91 Å². The maximum absolute atomic E-state index is 14.4. The van der Waals surface area contributed by atoms with E-state index in [1.807, 2.05) is 0 Å². The third-order valence-corrected chi connectivity index (χ3v) is 5.26. The van der Waals surface area contributed by atoms with Crippen molar-refractivity contribution < 1.29 is 22.4 Å². The van der Waals surface area contributed by atoms with Gasteiger partial charge in [0.05, 0.1) is 17.0 Å². The van der Waals surface area contributed by atoms with E-state index in [1.54, 1.807) is 13.8 Å². The summed E-state index contributed by atoms with van der Waals surface area (Å²) in [4.78, 5) is 12.7. The molecule has 3 nitrogen and oxygen atoms in total. The van der Waals surface area contributed by atoms with Gasteiger partial charge in [-0.1, -0.05) is 18.9 Å². The zero-order chi connectivity index (χ0) is 20.6. The van der Waals surface area contributed by atoms with Crippen LogP contribution in [0.1, 0.15) is 70.1 Å². The number of benzene rings is 1. The van der Waals surface area contributed by atoms with Gasteiger partial charge < -0.3 is 11.1 Å². The van der Waals surface area contributed by atoms with Crippen LogP contribution >= 0.6 is 0 Å². The first-order valence-electron chi connectivity index (χ1n) is 9.21. The Labute approximate surface area is 157 Å². The zero-order valence-electron chi connectivity index (χ0n) is 16.2. The number of nitrogens with one attached hydrogen (secondary N) is 1. The van der Waals surface area contributed by atoms with E-state index in [1.165, 1.54) is 19.9 Å². The van der Waals surface area contributed by atoms with Crippen molar-refractivity contribution in [2.45, 2.75) is 76.8 Å². The second-order valence-corrected chi connectivity index (χ2v) is 8.44. The number of carbonyl (C=O) groups is 1. The molecule has 0 heterocycles. The van der Waals surface area contributed by atoms with Crippen LogP contribution in [0, 0.1) is 5.92 Å². The average molecular weight is 388 g/mol. The van der Waals surface area contributed by atoms with Crippen molar-refractivity contribution in [3.8, 4) is 0 Å². The number of alkyl halides is 4. The smallest absolute Gasteiger partial charge is 0.347 e. The molecule has 1 aromatic rings. The van der Waals surface area contributed by atoms with Gasteiger partial charge in [-0.25, -0.2) is 4.39 Å². The molecular weight excluding hydrogens is 360 g/mol. The topological polar surface area (TPSA) is 55.1 Å². The van der Waals surface area contributed by atoms with Crippen molar-refractivity contribution in [3.05, 3.63) is 34.9 Å². The summed E-state index contributed by atoms with van der Waals surface area (Å²) in [5, 5.41) is 2.82. The molecule has 1 aliphatic carbocycles. The summed E-state index contributed by atoms with van der Waals surface area (Å²) in [5.74, 6) is -0.633. The third-order valence-electron chi connectivity index (χ3n) is 5.26. The van der Waals surface area contributed by atoms with Crippen LogP contribution < -0.4 is 11.1 Å². The van der Waals surface area contributed by atoms with E-state index in [9.17, 15) is 22.4 Å². The Morgan fingerprint density at radius 1 is 0.963 bits per heavy atom. The summed E-state index contributed by atoms with van der Waals surface area (Å²) >= 11 is 0. The first-order chi connectivity index (χ1) is 12.2. The number of amides is 1. The molecule has 0 radical (unpaired) electrons. The molecule has 0 bridgehead atoms. The molecule has 2 atom stereocenters. The monoisotopic (exact) mass is 388 g/mol. The van der Waals surface area contributed by atoms with Crippen molar-refractivity contribution in [2.75, 3.05) is 0 Å². The van der Waals surface area contributed by atoms with Crippen molar-refractivity contribution in [3.63, 3.8) is 0 Å². The number of carbonyl (C=O) groups excluding carboxylic acids is 1. The minimum atomic E-state index is -4.61. The Morgan fingerprint density at radius 2 is 1.48 bits per heavy atom. The van der Waals surface area contributed by atoms with E-state index in [-0.39, 0.29) is 29.0 Å². The number of hydrogen-bond acceptors (Lipinski definition) is 2. The van der Waals surface area contributed by atoms with Crippen molar-refractivity contribution in [2.24, 2.45) is 11.7 Å². The molecular formula is C20H28F4N2O. The fraction of sp³-hybridized carbons (Fsp3) is 0.650. The van der Waals surface area contributed by atoms with E-state index >= 15 is 0 Å². The molecule has 1 amide bonds. The minimum Gasteiger partial charge on any atom is -0.347 e. The maximum atomic E-state index is 14.4. The van der Waals surface area contributed by atoms with Gasteiger partial charge in [-0.15, -0.1) is 0 Å². The van der Waals surface area contributed by atoms with E-state index in [2.05, 4.69) is 5.32 Å². The summed E-state index contributed by atoms with van der Waals surface area (Å²) in [6.45, 7) is 5.64. The maximum Gasteiger partial charge on any atom is 0.416 e. The highest BCUT2D eigenvalue weighted by Gasteiger charge is 2.37. The normalized spacial score (nSPS) is 21.8. The number of hydrogen-bond donors (Lipinski definition) is 2. The Hall–Kier alpha value is -1.63. The van der Waals surface area contributed by atoms with Crippen molar-refractivity contribution in [1.29, 1.82) is 0 Å². The number of halogens is 4. The quantitative estimate of drug-likeness (QED) is 0.730. The molecule has 7 heteroatoms. The molecule has 3 N–H and O–H groups in total. The van der Waals surface area contributed by atoms with Crippen LogP contribution in [0.5, 0.6) is 0 Å². The fourth-order valence-electron chi connectivity index (χ4n) is 3.45. The van der Waals surface area contributed by atoms with Crippen LogP contribution in [0.3, 0.4) is 0 Å². The summed E-state index contributed by atoms with van der Waals surface area (Å²) in [7, 11) is 0. The van der Waals surface area contributed by atoms with Gasteiger partial charge in [0, 0.05) is 6.04 Å². The van der Waals surface area contributed by atoms with Gasteiger partial charge >= 0.3 is 6.18 Å². The minimum absolute atomic E-state index is 0.0796. The SMILES string of the molecule is CC(C)(F)c1cc(C(F)(F)F)cc(C(C)(C)NC(=O)C2CCCCC2N)c1. The van der Waals surface area contributed by atoms with Gasteiger partial charge in [0.25, 0.3) is 0 Å². The van der Waals surface area contributed by atoms with E-state index in [0.29, 0.717) is 6.42 Å². The molecule has 27 heavy (non-hydrogen) atoms. The van der Waals surface area contributed by atoms with Crippen LogP contribution in [-0.2, 0) is 22.2 Å². The molecule has 152 valence electrons. The molecule has 1 aliphatic rings. The van der Waals surface area contributed by atoms with Gasteiger partial charge in [0.15, 0.2) is 0 Å². The highest BCUT2D eigenvalue weighted by molar-refractivity contribution is 5.80. The lowest BCUT2D eigenvalue weighted by molar-refractivity contribution is -0.137. The van der Waals surface area contributed by atoms with E-state index in [0.717, 1.165) is 31.4 Å². The summed E-state index contributed by atoms with van der Waals surface area (Å²) in [5.41, 5.74) is 2.19. The van der Waals surface area contributed by atoms with E-state index in [4.69, 9.17) is 5.73 Å². The van der Waals surface area contributed by atoms with Gasteiger partial charge in [-0.2, -0.15) is 13.2 Å². The van der Waals surface area contributed by atoms with Crippen LogP contribution in [0.2, 0.25) is 0 Å². The van der Waals surface area contributed by atoms with Crippen LogP contribution in [0.15, 0.2) is 18.2 Å². The largest absolute Gasteiger partial charge is 0.416 e. The Morgan fingerprint density at radius 3 is 2.00 bits per heavy atom. The highest BCUT2D eigenvalue weighted by atomic mass is 19.4. The standard InChI is InChI=1S/C20H28F4N2O/c1-18(2,21)12-9-13(11-14(10-12)20(22,23)24)19(3,4)26-17(27)15-7-5-6-8-16(15)25/h9-11,15-16H,5-8,25H2,1-4H3,(H,26,27). The summed E-state index contributed by atoms with van der Waals surface area (Å²) in [6, 6.07) is 2.92. The lowest BCUT2D eigenvalue weighted by Crippen LogP contribution is -2.49. The Bertz CT molecular complexity index is 660. The lowest BCUT2D eigenvalue weighted by Gasteiger charge is -2.34.